The molecule has 2 atom stereocenters. The SMILES string of the molecule is Cc1ccc(NC(=O)C2CCC2C(=O)O)cc1S(=O)(=O)N(C)C. The number of nitrogens with zero attached hydrogens (tertiary/aromatic N) is 1. The fourth-order valence-corrected chi connectivity index (χ4v) is 3.64. The van der Waals surface area contributed by atoms with Gasteiger partial charge in [0.15, 0.2) is 0 Å². The molecular formula is C15H20N2O5S. The number of sulfonamides is 1. The largest absolute Gasteiger partial charge is 0.481 e. The standard InChI is InChI=1S/C15H20N2O5S/c1-9-4-5-10(8-13(9)23(21,22)17(2)3)16-14(18)11-6-7-12(11)15(19)20/h4-5,8,11-12H,6-7H2,1-3H3,(H,16,18)(H,19,20). The van der Waals surface area contributed by atoms with Gasteiger partial charge in [0.2, 0.25) is 15.9 Å². The van der Waals surface area contributed by atoms with Crippen molar-refractivity contribution >= 4 is 27.6 Å². The van der Waals surface area contributed by atoms with Crippen LogP contribution in [-0.2, 0) is 19.6 Å². The van der Waals surface area contributed by atoms with Gasteiger partial charge in [-0.1, -0.05) is 6.07 Å². The van der Waals surface area contributed by atoms with Crippen molar-refractivity contribution in [3.8, 4) is 0 Å². The lowest BCUT2D eigenvalue weighted by molar-refractivity contribution is -0.151. The van der Waals surface area contributed by atoms with E-state index in [1.165, 1.54) is 20.2 Å². The van der Waals surface area contributed by atoms with Crippen molar-refractivity contribution in [3.63, 3.8) is 0 Å². The maximum absolute atomic E-state index is 12.3. The van der Waals surface area contributed by atoms with E-state index in [4.69, 9.17) is 5.11 Å². The maximum atomic E-state index is 12.3. The van der Waals surface area contributed by atoms with Gasteiger partial charge in [-0.15, -0.1) is 0 Å². The van der Waals surface area contributed by atoms with Gasteiger partial charge in [-0.05, 0) is 37.5 Å². The van der Waals surface area contributed by atoms with Crippen molar-refractivity contribution in [2.45, 2.75) is 24.7 Å². The number of carbonyl (C=O) groups is 2. The van der Waals surface area contributed by atoms with Crippen LogP contribution in [0.4, 0.5) is 5.69 Å². The van der Waals surface area contributed by atoms with E-state index in [0.29, 0.717) is 24.1 Å². The number of anilines is 1. The lowest BCUT2D eigenvalue weighted by atomic mass is 9.73. The maximum Gasteiger partial charge on any atom is 0.307 e. The normalized spacial score (nSPS) is 20.9. The smallest absolute Gasteiger partial charge is 0.307 e. The lowest BCUT2D eigenvalue weighted by Crippen LogP contribution is -2.41. The molecule has 1 amide bonds. The first-order valence-electron chi connectivity index (χ1n) is 7.21. The number of hydrogen-bond acceptors (Lipinski definition) is 4. The highest BCUT2D eigenvalue weighted by molar-refractivity contribution is 7.89. The molecule has 126 valence electrons. The number of carboxylic acids is 1. The molecule has 0 aromatic heterocycles. The van der Waals surface area contributed by atoms with E-state index in [1.54, 1.807) is 19.1 Å². The van der Waals surface area contributed by atoms with Gasteiger partial charge in [0.1, 0.15) is 0 Å². The second kappa shape index (κ2) is 6.29. The van der Waals surface area contributed by atoms with Crippen LogP contribution in [0.3, 0.4) is 0 Å². The van der Waals surface area contributed by atoms with Gasteiger partial charge in [0, 0.05) is 19.8 Å². The van der Waals surface area contributed by atoms with Crippen molar-refractivity contribution in [1.29, 1.82) is 0 Å². The Morgan fingerprint density at radius 2 is 1.83 bits per heavy atom. The van der Waals surface area contributed by atoms with Gasteiger partial charge in [-0.3, -0.25) is 9.59 Å². The number of carbonyl (C=O) groups excluding carboxylic acids is 1. The van der Waals surface area contributed by atoms with Crippen molar-refractivity contribution in [2.75, 3.05) is 19.4 Å². The molecule has 0 spiro atoms. The second-order valence-electron chi connectivity index (χ2n) is 5.89. The summed E-state index contributed by atoms with van der Waals surface area (Å²) in [4.78, 5) is 23.3. The summed E-state index contributed by atoms with van der Waals surface area (Å²) >= 11 is 0. The molecule has 23 heavy (non-hydrogen) atoms. The van der Waals surface area contributed by atoms with Crippen LogP contribution >= 0.6 is 0 Å². The molecule has 1 saturated carbocycles. The van der Waals surface area contributed by atoms with E-state index in [-0.39, 0.29) is 10.8 Å². The van der Waals surface area contributed by atoms with E-state index in [0.717, 1.165) is 4.31 Å². The van der Waals surface area contributed by atoms with E-state index in [9.17, 15) is 18.0 Å². The average Bonchev–Trinajstić information content (AvgIpc) is 2.38. The molecule has 2 N–H and O–H groups in total. The van der Waals surface area contributed by atoms with E-state index in [2.05, 4.69) is 5.32 Å². The zero-order valence-electron chi connectivity index (χ0n) is 13.2. The summed E-state index contributed by atoms with van der Waals surface area (Å²) in [5.41, 5.74) is 0.917. The van der Waals surface area contributed by atoms with Crippen LogP contribution in [0.25, 0.3) is 0 Å². The predicted molar refractivity (Wildman–Crippen MR) is 84.5 cm³/mol. The molecular weight excluding hydrogens is 320 g/mol. The first-order chi connectivity index (χ1) is 10.6. The van der Waals surface area contributed by atoms with Gasteiger partial charge < -0.3 is 10.4 Å². The predicted octanol–water partition coefficient (Wildman–Crippen LogP) is 1.29. The van der Waals surface area contributed by atoms with Crippen LogP contribution in [0.15, 0.2) is 23.1 Å². The zero-order valence-corrected chi connectivity index (χ0v) is 14.1. The summed E-state index contributed by atoms with van der Waals surface area (Å²) in [5.74, 6) is -2.59. The number of aliphatic carboxylic acids is 1. The van der Waals surface area contributed by atoms with Gasteiger partial charge in [0.25, 0.3) is 0 Å². The van der Waals surface area contributed by atoms with Crippen molar-refractivity contribution in [2.24, 2.45) is 11.8 Å². The summed E-state index contributed by atoms with van der Waals surface area (Å²) in [6.07, 6.45) is 1.01. The van der Waals surface area contributed by atoms with E-state index >= 15 is 0 Å². The fraction of sp³-hybridized carbons (Fsp3) is 0.467. The number of benzene rings is 1. The molecule has 0 heterocycles. The molecule has 0 radical (unpaired) electrons. The third-order valence-electron chi connectivity index (χ3n) is 4.14. The Hall–Kier alpha value is -1.93. The summed E-state index contributed by atoms with van der Waals surface area (Å²) in [5, 5.41) is 11.6. The van der Waals surface area contributed by atoms with Crippen LogP contribution < -0.4 is 5.32 Å². The minimum atomic E-state index is -3.61. The Kier molecular flexibility index (Phi) is 4.76. The monoisotopic (exact) mass is 340 g/mol. The molecule has 1 aromatic carbocycles. The van der Waals surface area contributed by atoms with E-state index < -0.39 is 27.8 Å². The lowest BCUT2D eigenvalue weighted by Gasteiger charge is -2.32. The first-order valence-corrected chi connectivity index (χ1v) is 8.65. The Morgan fingerprint density at radius 1 is 1.22 bits per heavy atom. The molecule has 1 aromatic rings. The highest BCUT2D eigenvalue weighted by Gasteiger charge is 2.41. The molecule has 2 unspecified atom stereocenters. The number of aryl methyl sites for hydroxylation is 1. The first kappa shape index (κ1) is 17.4. The molecule has 0 bridgehead atoms. The molecule has 7 nitrogen and oxygen atoms in total. The number of hydrogen-bond donors (Lipinski definition) is 2. The van der Waals surface area contributed by atoms with Crippen molar-refractivity contribution < 1.29 is 23.1 Å². The molecule has 1 fully saturated rings. The minimum absolute atomic E-state index is 0.115. The number of nitrogens with one attached hydrogen (secondary N) is 1. The highest BCUT2D eigenvalue weighted by Crippen LogP contribution is 2.35. The Morgan fingerprint density at radius 3 is 2.30 bits per heavy atom. The molecule has 0 aliphatic heterocycles. The zero-order chi connectivity index (χ0) is 17.4. The molecule has 0 saturated heterocycles. The van der Waals surface area contributed by atoms with Gasteiger partial charge >= 0.3 is 5.97 Å². The summed E-state index contributed by atoms with van der Waals surface area (Å²) in [6, 6.07) is 4.62. The van der Waals surface area contributed by atoms with Crippen molar-refractivity contribution in [1.82, 2.24) is 4.31 Å². The molecule has 1 aliphatic carbocycles. The van der Waals surface area contributed by atoms with Crippen LogP contribution in [0.2, 0.25) is 0 Å². The van der Waals surface area contributed by atoms with Crippen LogP contribution in [0.5, 0.6) is 0 Å². The molecule has 1 aliphatic rings. The molecule has 8 heteroatoms. The Bertz CT molecular complexity index is 742. The number of rotatable bonds is 5. The minimum Gasteiger partial charge on any atom is -0.481 e. The van der Waals surface area contributed by atoms with Gasteiger partial charge in [-0.25, -0.2) is 12.7 Å². The van der Waals surface area contributed by atoms with E-state index in [1.807, 2.05) is 0 Å². The summed E-state index contributed by atoms with van der Waals surface area (Å²) in [7, 11) is -0.741. The quantitative estimate of drug-likeness (QED) is 0.841. The van der Waals surface area contributed by atoms with Crippen LogP contribution in [0.1, 0.15) is 18.4 Å². The third-order valence-corrected chi connectivity index (χ3v) is 6.10. The van der Waals surface area contributed by atoms with Crippen LogP contribution in [0, 0.1) is 18.8 Å². The van der Waals surface area contributed by atoms with Crippen molar-refractivity contribution in [3.05, 3.63) is 23.8 Å². The third kappa shape index (κ3) is 3.37. The average molecular weight is 340 g/mol. The molecule has 2 rings (SSSR count). The topological polar surface area (TPSA) is 104 Å². The summed E-state index contributed by atoms with van der Waals surface area (Å²) < 4.78 is 25.6. The second-order valence-corrected chi connectivity index (χ2v) is 8.01. The Labute approximate surface area is 135 Å². The Balaban J connectivity index is 2.22. The summed E-state index contributed by atoms with van der Waals surface area (Å²) in [6.45, 7) is 1.67. The van der Waals surface area contributed by atoms with Crippen LogP contribution in [-0.4, -0.2) is 43.8 Å². The number of carboxylic acid groups (broad SMARTS) is 1. The fourth-order valence-electron chi connectivity index (χ4n) is 2.50. The van der Waals surface area contributed by atoms with Gasteiger partial charge in [0.05, 0.1) is 16.7 Å². The van der Waals surface area contributed by atoms with Gasteiger partial charge in [-0.2, -0.15) is 0 Å². The highest BCUT2D eigenvalue weighted by atomic mass is 32.2. The number of amides is 1.